The van der Waals surface area contributed by atoms with Gasteiger partial charge in [-0.3, -0.25) is 0 Å². The van der Waals surface area contributed by atoms with Crippen LogP contribution in [0.5, 0.6) is 0 Å². The minimum atomic E-state index is -0.947. The molecule has 1 heterocycles. The van der Waals surface area contributed by atoms with Gasteiger partial charge in [-0.15, -0.1) is 11.3 Å². The van der Waals surface area contributed by atoms with E-state index in [4.69, 9.17) is 5.11 Å². The quantitative estimate of drug-likeness (QED) is 0.828. The van der Waals surface area contributed by atoms with Gasteiger partial charge in [-0.05, 0) is 25.3 Å². The molecule has 0 radical (unpaired) electrons. The lowest BCUT2D eigenvalue weighted by atomic mass is 10.1. The molecule has 0 saturated heterocycles. The lowest BCUT2D eigenvalue weighted by Gasteiger charge is -2.22. The largest absolute Gasteiger partial charge is 0.477 e. The molecule has 0 amide bonds. The topological polar surface area (TPSA) is 64.3 Å². The summed E-state index contributed by atoms with van der Waals surface area (Å²) >= 11 is 1.22. The smallest absolute Gasteiger partial charge is 0.346 e. The van der Waals surface area contributed by atoms with Crippen molar-refractivity contribution < 1.29 is 9.90 Å². The summed E-state index contributed by atoms with van der Waals surface area (Å²) in [6, 6.07) is 2.16. The van der Waals surface area contributed by atoms with Crippen molar-refractivity contribution in [1.29, 1.82) is 5.26 Å². The fourth-order valence-electron chi connectivity index (χ4n) is 1.99. The van der Waals surface area contributed by atoms with Crippen molar-refractivity contribution in [2.24, 2.45) is 0 Å². The number of rotatable bonds is 7. The van der Waals surface area contributed by atoms with E-state index in [1.54, 1.807) is 6.92 Å². The van der Waals surface area contributed by atoms with Crippen LogP contribution < -0.4 is 4.90 Å². The Morgan fingerprint density at radius 3 is 2.53 bits per heavy atom. The second-order valence-electron chi connectivity index (χ2n) is 4.49. The van der Waals surface area contributed by atoms with Crippen LogP contribution in [0.3, 0.4) is 0 Å². The van der Waals surface area contributed by atoms with Crippen molar-refractivity contribution >= 4 is 22.3 Å². The zero-order chi connectivity index (χ0) is 14.4. The molecule has 0 bridgehead atoms. The highest BCUT2D eigenvalue weighted by Gasteiger charge is 2.22. The summed E-state index contributed by atoms with van der Waals surface area (Å²) in [5, 5.41) is 19.3. The van der Waals surface area contributed by atoms with Gasteiger partial charge in [-0.25, -0.2) is 4.79 Å². The Balaban J connectivity index is 3.18. The Bertz CT molecular complexity index is 488. The van der Waals surface area contributed by atoms with Gasteiger partial charge in [0.2, 0.25) is 0 Å². The van der Waals surface area contributed by atoms with Crippen LogP contribution in [0.25, 0.3) is 0 Å². The molecule has 1 rings (SSSR count). The van der Waals surface area contributed by atoms with Crippen molar-refractivity contribution in [1.82, 2.24) is 0 Å². The highest BCUT2D eigenvalue weighted by molar-refractivity contribution is 7.18. The maximum absolute atomic E-state index is 11.2. The SMILES string of the molecule is CCCCN(CCC)c1sc(C(=O)O)c(C)c1C#N. The van der Waals surface area contributed by atoms with Crippen molar-refractivity contribution in [3.05, 3.63) is 16.0 Å². The minimum Gasteiger partial charge on any atom is -0.477 e. The Morgan fingerprint density at radius 1 is 1.37 bits per heavy atom. The highest BCUT2D eigenvalue weighted by Crippen LogP contribution is 2.35. The van der Waals surface area contributed by atoms with Crippen LogP contribution in [0.4, 0.5) is 5.00 Å². The number of unbranched alkanes of at least 4 members (excludes halogenated alkanes) is 1. The van der Waals surface area contributed by atoms with E-state index in [2.05, 4.69) is 24.8 Å². The number of hydrogen-bond acceptors (Lipinski definition) is 4. The number of carboxylic acids is 1. The molecule has 5 heteroatoms. The first-order valence-electron chi connectivity index (χ1n) is 6.58. The van der Waals surface area contributed by atoms with Gasteiger partial charge in [0.15, 0.2) is 0 Å². The highest BCUT2D eigenvalue weighted by atomic mass is 32.1. The molecular formula is C14H20N2O2S. The maximum Gasteiger partial charge on any atom is 0.346 e. The van der Waals surface area contributed by atoms with Crippen molar-refractivity contribution in [2.45, 2.75) is 40.0 Å². The molecule has 19 heavy (non-hydrogen) atoms. The second-order valence-corrected chi connectivity index (χ2v) is 5.49. The van der Waals surface area contributed by atoms with E-state index in [9.17, 15) is 10.1 Å². The van der Waals surface area contributed by atoms with Gasteiger partial charge in [0.1, 0.15) is 15.9 Å². The fourth-order valence-corrected chi connectivity index (χ4v) is 3.14. The predicted molar refractivity (Wildman–Crippen MR) is 78.1 cm³/mol. The molecule has 0 aliphatic rings. The van der Waals surface area contributed by atoms with E-state index >= 15 is 0 Å². The molecule has 104 valence electrons. The average molecular weight is 280 g/mol. The van der Waals surface area contributed by atoms with Crippen LogP contribution >= 0.6 is 11.3 Å². The first-order chi connectivity index (χ1) is 9.06. The predicted octanol–water partition coefficient (Wildman–Crippen LogP) is 3.64. The number of aromatic carboxylic acids is 1. The van der Waals surface area contributed by atoms with Gasteiger partial charge >= 0.3 is 5.97 Å². The Kier molecular flexibility index (Phi) is 5.84. The van der Waals surface area contributed by atoms with E-state index in [1.165, 1.54) is 11.3 Å². The molecule has 0 atom stereocenters. The molecule has 0 aromatic carbocycles. The minimum absolute atomic E-state index is 0.282. The Morgan fingerprint density at radius 2 is 2.05 bits per heavy atom. The summed E-state index contributed by atoms with van der Waals surface area (Å²) in [6.07, 6.45) is 3.11. The molecule has 0 fully saturated rings. The Hall–Kier alpha value is -1.54. The number of thiophene rings is 1. The van der Waals surface area contributed by atoms with Crippen LogP contribution in [-0.4, -0.2) is 24.2 Å². The summed E-state index contributed by atoms with van der Waals surface area (Å²) < 4.78 is 0. The third-order valence-electron chi connectivity index (χ3n) is 3.00. The molecule has 0 aliphatic carbocycles. The lowest BCUT2D eigenvalue weighted by Crippen LogP contribution is -2.25. The first-order valence-corrected chi connectivity index (χ1v) is 7.40. The van der Waals surface area contributed by atoms with Crippen molar-refractivity contribution in [3.63, 3.8) is 0 Å². The van der Waals surface area contributed by atoms with Crippen LogP contribution in [0.2, 0.25) is 0 Å². The number of anilines is 1. The normalized spacial score (nSPS) is 10.2. The molecule has 1 N–H and O–H groups in total. The van der Waals surface area contributed by atoms with Gasteiger partial charge in [0, 0.05) is 13.1 Å². The average Bonchev–Trinajstić information content (AvgIpc) is 2.71. The number of carbonyl (C=O) groups is 1. The van der Waals surface area contributed by atoms with E-state index in [0.29, 0.717) is 11.1 Å². The summed E-state index contributed by atoms with van der Waals surface area (Å²) in [4.78, 5) is 13.6. The maximum atomic E-state index is 11.2. The molecular weight excluding hydrogens is 260 g/mol. The third-order valence-corrected chi connectivity index (χ3v) is 4.34. The van der Waals surface area contributed by atoms with Gasteiger partial charge in [-0.2, -0.15) is 5.26 Å². The Labute approximate surface area is 118 Å². The zero-order valence-electron chi connectivity index (χ0n) is 11.7. The summed E-state index contributed by atoms with van der Waals surface area (Å²) in [5.74, 6) is -0.947. The van der Waals surface area contributed by atoms with Crippen molar-refractivity contribution in [2.75, 3.05) is 18.0 Å². The number of carboxylic acid groups (broad SMARTS) is 1. The first kappa shape index (κ1) is 15.5. The van der Waals surface area contributed by atoms with E-state index < -0.39 is 5.97 Å². The van der Waals surface area contributed by atoms with Crippen LogP contribution in [0, 0.1) is 18.3 Å². The fraction of sp³-hybridized carbons (Fsp3) is 0.571. The molecule has 0 saturated carbocycles. The van der Waals surface area contributed by atoms with Gasteiger partial charge in [0.25, 0.3) is 0 Å². The molecule has 0 aliphatic heterocycles. The van der Waals surface area contributed by atoms with Crippen LogP contribution in [-0.2, 0) is 0 Å². The number of nitriles is 1. The van der Waals surface area contributed by atoms with Gasteiger partial charge in [0.05, 0.1) is 5.56 Å². The zero-order valence-corrected chi connectivity index (χ0v) is 12.5. The summed E-state index contributed by atoms with van der Waals surface area (Å²) in [7, 11) is 0. The van der Waals surface area contributed by atoms with E-state index in [0.717, 1.165) is 37.4 Å². The molecule has 0 spiro atoms. The third kappa shape index (κ3) is 3.48. The van der Waals surface area contributed by atoms with E-state index in [1.807, 2.05) is 0 Å². The molecule has 0 unspecified atom stereocenters. The lowest BCUT2D eigenvalue weighted by molar-refractivity contribution is 0.0701. The standard InChI is InChI=1S/C14H20N2O2S/c1-4-6-8-16(7-5-2)13-11(9-15)10(3)12(19-13)14(17)18/h4-8H2,1-3H3,(H,17,18). The van der Waals surface area contributed by atoms with Crippen LogP contribution in [0.1, 0.15) is 53.9 Å². The van der Waals surface area contributed by atoms with Gasteiger partial charge < -0.3 is 10.0 Å². The van der Waals surface area contributed by atoms with E-state index in [-0.39, 0.29) is 4.88 Å². The molecule has 4 nitrogen and oxygen atoms in total. The number of hydrogen-bond donors (Lipinski definition) is 1. The monoisotopic (exact) mass is 280 g/mol. The van der Waals surface area contributed by atoms with Crippen molar-refractivity contribution in [3.8, 4) is 6.07 Å². The molecule has 1 aromatic rings. The summed E-state index contributed by atoms with van der Waals surface area (Å²) in [6.45, 7) is 7.65. The molecule has 1 aromatic heterocycles. The number of nitrogens with zero attached hydrogens (tertiary/aromatic N) is 2. The van der Waals surface area contributed by atoms with Gasteiger partial charge in [-0.1, -0.05) is 20.3 Å². The van der Waals surface area contributed by atoms with Crippen LogP contribution in [0.15, 0.2) is 0 Å². The second kappa shape index (κ2) is 7.15. The summed E-state index contributed by atoms with van der Waals surface area (Å²) in [5.41, 5.74) is 1.11.